The molecule has 1 amide bonds. The van der Waals surface area contributed by atoms with Gasteiger partial charge in [0.2, 0.25) is 5.91 Å². The second-order valence-corrected chi connectivity index (χ2v) is 7.51. The Kier molecular flexibility index (Phi) is 5.60. The van der Waals surface area contributed by atoms with Crippen LogP contribution in [0.4, 0.5) is 5.69 Å². The average Bonchev–Trinajstić information content (AvgIpc) is 2.69. The number of fused-ring (bicyclic) bond motifs is 1. The highest BCUT2D eigenvalue weighted by atomic mass is 16.6. The molecule has 4 rings (SSSR count). The number of ether oxygens (including phenoxy) is 2. The lowest BCUT2D eigenvalue weighted by Gasteiger charge is -2.40. The van der Waals surface area contributed by atoms with Crippen molar-refractivity contribution in [2.24, 2.45) is 0 Å². The summed E-state index contributed by atoms with van der Waals surface area (Å²) in [6, 6.07) is 6.28. The third kappa shape index (κ3) is 4.30. The molecule has 2 fully saturated rings. The fourth-order valence-corrected chi connectivity index (χ4v) is 4.25. The lowest BCUT2D eigenvalue weighted by atomic mass is 10.00. The Bertz CT molecular complexity index is 623. The van der Waals surface area contributed by atoms with Gasteiger partial charge < -0.3 is 19.7 Å². The smallest absolute Gasteiger partial charge is 0.238 e. The monoisotopic (exact) mass is 359 g/mol. The van der Waals surface area contributed by atoms with Crippen LogP contribution >= 0.6 is 0 Å². The van der Waals surface area contributed by atoms with E-state index < -0.39 is 0 Å². The number of likely N-dealkylation sites (tertiary alicyclic amines) is 2. The van der Waals surface area contributed by atoms with E-state index in [1.165, 1.54) is 45.2 Å². The molecule has 0 unspecified atom stereocenters. The largest absolute Gasteiger partial charge is 0.486 e. The summed E-state index contributed by atoms with van der Waals surface area (Å²) in [6.45, 7) is 6.12. The first-order chi connectivity index (χ1) is 12.8. The molecule has 0 atom stereocenters. The number of nitrogens with one attached hydrogen (secondary N) is 1. The minimum Gasteiger partial charge on any atom is -0.486 e. The Morgan fingerprint density at radius 2 is 1.73 bits per heavy atom. The van der Waals surface area contributed by atoms with Gasteiger partial charge in [0.1, 0.15) is 13.2 Å². The van der Waals surface area contributed by atoms with Crippen LogP contribution in [-0.2, 0) is 4.79 Å². The molecule has 1 aromatic carbocycles. The first kappa shape index (κ1) is 17.6. The lowest BCUT2D eigenvalue weighted by molar-refractivity contribution is -0.117. The summed E-state index contributed by atoms with van der Waals surface area (Å²) in [4.78, 5) is 17.3. The van der Waals surface area contributed by atoms with Crippen molar-refractivity contribution in [3.8, 4) is 11.5 Å². The van der Waals surface area contributed by atoms with Gasteiger partial charge in [0.15, 0.2) is 11.5 Å². The number of hydrogen-bond acceptors (Lipinski definition) is 5. The van der Waals surface area contributed by atoms with Crippen LogP contribution in [0.25, 0.3) is 0 Å². The van der Waals surface area contributed by atoms with Crippen LogP contribution in [0, 0.1) is 0 Å². The van der Waals surface area contributed by atoms with Gasteiger partial charge in [-0.05, 0) is 50.9 Å². The van der Waals surface area contributed by atoms with Gasteiger partial charge in [0.25, 0.3) is 0 Å². The summed E-state index contributed by atoms with van der Waals surface area (Å²) in [7, 11) is 0. The maximum Gasteiger partial charge on any atom is 0.238 e. The molecule has 0 spiro atoms. The fourth-order valence-electron chi connectivity index (χ4n) is 4.25. The van der Waals surface area contributed by atoms with E-state index in [1.807, 2.05) is 18.2 Å². The summed E-state index contributed by atoms with van der Waals surface area (Å²) in [5.41, 5.74) is 0.766. The van der Waals surface area contributed by atoms with Gasteiger partial charge in [0.05, 0.1) is 6.54 Å². The van der Waals surface area contributed by atoms with E-state index in [1.54, 1.807) is 0 Å². The summed E-state index contributed by atoms with van der Waals surface area (Å²) in [5.74, 6) is 1.49. The number of piperidine rings is 2. The van der Waals surface area contributed by atoms with Crippen LogP contribution in [0.2, 0.25) is 0 Å². The van der Waals surface area contributed by atoms with Gasteiger partial charge >= 0.3 is 0 Å². The van der Waals surface area contributed by atoms with Crippen LogP contribution in [0.15, 0.2) is 18.2 Å². The molecule has 3 heterocycles. The van der Waals surface area contributed by atoms with Gasteiger partial charge in [-0.2, -0.15) is 0 Å². The molecule has 0 radical (unpaired) electrons. The van der Waals surface area contributed by atoms with Crippen LogP contribution in [0.3, 0.4) is 0 Å². The number of carbonyl (C=O) groups excluding carboxylic acids is 1. The van der Waals surface area contributed by atoms with Crippen molar-refractivity contribution in [1.29, 1.82) is 0 Å². The van der Waals surface area contributed by atoms with Crippen LogP contribution in [0.1, 0.15) is 32.1 Å². The quantitative estimate of drug-likeness (QED) is 0.894. The van der Waals surface area contributed by atoms with E-state index in [2.05, 4.69) is 15.1 Å². The Hall–Kier alpha value is -1.79. The standard InChI is InChI=1S/C20H29N3O3/c24-20(21-16-4-5-18-19(14-16)26-13-12-25-18)15-22-10-6-17(7-11-22)23-8-2-1-3-9-23/h4-5,14,17H,1-3,6-13,15H2,(H,21,24). The van der Waals surface area contributed by atoms with E-state index in [-0.39, 0.29) is 5.91 Å². The number of nitrogens with zero attached hydrogens (tertiary/aromatic N) is 2. The number of amides is 1. The minimum absolute atomic E-state index is 0.0399. The number of benzene rings is 1. The van der Waals surface area contributed by atoms with Crippen molar-refractivity contribution in [3.05, 3.63) is 18.2 Å². The zero-order valence-electron chi connectivity index (χ0n) is 15.4. The highest BCUT2D eigenvalue weighted by molar-refractivity contribution is 5.92. The Morgan fingerprint density at radius 1 is 1.00 bits per heavy atom. The second-order valence-electron chi connectivity index (χ2n) is 7.51. The minimum atomic E-state index is 0.0399. The molecule has 6 nitrogen and oxygen atoms in total. The molecule has 3 aliphatic rings. The zero-order valence-corrected chi connectivity index (χ0v) is 15.4. The molecule has 6 heteroatoms. The van der Waals surface area contributed by atoms with E-state index in [9.17, 15) is 4.79 Å². The Balaban J connectivity index is 1.24. The predicted molar refractivity (Wildman–Crippen MR) is 101 cm³/mol. The van der Waals surface area contributed by atoms with E-state index in [0.717, 1.165) is 24.5 Å². The molecule has 2 saturated heterocycles. The second kappa shape index (κ2) is 8.27. The Morgan fingerprint density at radius 3 is 2.50 bits per heavy atom. The van der Waals surface area contributed by atoms with Crippen molar-refractivity contribution in [3.63, 3.8) is 0 Å². The Labute approximate surface area is 155 Å². The normalized spacial score (nSPS) is 22.2. The SMILES string of the molecule is O=C(CN1CCC(N2CCCCC2)CC1)Nc1ccc2c(c1)OCCO2. The van der Waals surface area contributed by atoms with Crippen LogP contribution < -0.4 is 14.8 Å². The van der Waals surface area contributed by atoms with Crippen molar-refractivity contribution in [2.75, 3.05) is 51.3 Å². The lowest BCUT2D eigenvalue weighted by Crippen LogP contribution is -2.48. The van der Waals surface area contributed by atoms with E-state index in [4.69, 9.17) is 9.47 Å². The molecule has 0 bridgehead atoms. The van der Waals surface area contributed by atoms with Crippen molar-refractivity contribution in [2.45, 2.75) is 38.1 Å². The zero-order chi connectivity index (χ0) is 17.8. The molecule has 0 aliphatic carbocycles. The highest BCUT2D eigenvalue weighted by Gasteiger charge is 2.26. The van der Waals surface area contributed by atoms with Gasteiger partial charge in [-0.25, -0.2) is 0 Å². The molecule has 142 valence electrons. The molecule has 3 aliphatic heterocycles. The third-order valence-electron chi connectivity index (χ3n) is 5.66. The topological polar surface area (TPSA) is 54.0 Å². The molecule has 0 aromatic heterocycles. The van der Waals surface area contributed by atoms with Crippen molar-refractivity contribution < 1.29 is 14.3 Å². The van der Waals surface area contributed by atoms with Crippen LogP contribution in [0.5, 0.6) is 11.5 Å². The van der Waals surface area contributed by atoms with Crippen LogP contribution in [-0.4, -0.2) is 67.7 Å². The molecule has 1 N–H and O–H groups in total. The highest BCUT2D eigenvalue weighted by Crippen LogP contribution is 2.32. The van der Waals surface area contributed by atoms with E-state index in [0.29, 0.717) is 31.5 Å². The number of rotatable bonds is 4. The third-order valence-corrected chi connectivity index (χ3v) is 5.66. The van der Waals surface area contributed by atoms with Gasteiger partial charge in [-0.1, -0.05) is 6.42 Å². The first-order valence-electron chi connectivity index (χ1n) is 9.94. The molecular formula is C20H29N3O3. The predicted octanol–water partition coefficient (Wildman–Crippen LogP) is 2.35. The van der Waals surface area contributed by atoms with Gasteiger partial charge in [0, 0.05) is 30.9 Å². The fraction of sp³-hybridized carbons (Fsp3) is 0.650. The maximum atomic E-state index is 12.4. The van der Waals surface area contributed by atoms with Crippen molar-refractivity contribution in [1.82, 2.24) is 9.80 Å². The van der Waals surface area contributed by atoms with Gasteiger partial charge in [-0.15, -0.1) is 0 Å². The maximum absolute atomic E-state index is 12.4. The molecular weight excluding hydrogens is 330 g/mol. The summed E-state index contributed by atoms with van der Waals surface area (Å²) in [6.07, 6.45) is 6.43. The summed E-state index contributed by atoms with van der Waals surface area (Å²) in [5, 5.41) is 2.99. The summed E-state index contributed by atoms with van der Waals surface area (Å²) >= 11 is 0. The number of carbonyl (C=O) groups is 1. The number of hydrogen-bond donors (Lipinski definition) is 1. The van der Waals surface area contributed by atoms with Gasteiger partial charge in [-0.3, -0.25) is 9.69 Å². The molecule has 26 heavy (non-hydrogen) atoms. The first-order valence-corrected chi connectivity index (χ1v) is 9.94. The van der Waals surface area contributed by atoms with Crippen molar-refractivity contribution >= 4 is 11.6 Å². The molecule has 1 aromatic rings. The molecule has 0 saturated carbocycles. The summed E-state index contributed by atoms with van der Waals surface area (Å²) < 4.78 is 11.1. The van der Waals surface area contributed by atoms with E-state index >= 15 is 0 Å². The number of anilines is 1. The average molecular weight is 359 g/mol.